The van der Waals surface area contributed by atoms with E-state index in [9.17, 15) is 0 Å². The highest BCUT2D eigenvalue weighted by Crippen LogP contribution is 2.54. The van der Waals surface area contributed by atoms with Crippen LogP contribution in [0.4, 0.5) is 51.2 Å². The minimum absolute atomic E-state index is 0.904. The van der Waals surface area contributed by atoms with E-state index in [1.807, 2.05) is 109 Å². The summed E-state index contributed by atoms with van der Waals surface area (Å²) in [5, 5.41) is 7.19. The van der Waals surface area contributed by atoms with Crippen LogP contribution in [0.5, 0.6) is 0 Å². The minimum Gasteiger partial charge on any atom is -0.456 e. The number of para-hydroxylation sites is 12. The third-order valence-corrected chi connectivity index (χ3v) is 25.3. The molecular formula is C108H66N12O2S. The molecule has 0 spiro atoms. The lowest BCUT2D eigenvalue weighted by atomic mass is 10.0. The lowest BCUT2D eigenvalue weighted by Crippen LogP contribution is -2.18. The molecule has 3 aliphatic rings. The number of anilines is 9. The van der Waals surface area contributed by atoms with Crippen LogP contribution in [0.2, 0.25) is 0 Å². The van der Waals surface area contributed by atoms with Crippen LogP contribution in [0.3, 0.4) is 0 Å². The van der Waals surface area contributed by atoms with E-state index >= 15 is 0 Å². The van der Waals surface area contributed by atoms with E-state index < -0.39 is 0 Å². The molecule has 15 heteroatoms. The summed E-state index contributed by atoms with van der Waals surface area (Å²) in [6.07, 6.45) is 10.9. The van der Waals surface area contributed by atoms with Crippen LogP contribution >= 0.6 is 11.3 Å². The van der Waals surface area contributed by atoms with Gasteiger partial charge >= 0.3 is 0 Å². The van der Waals surface area contributed by atoms with Gasteiger partial charge in [0.2, 0.25) is 0 Å². The number of imidazole rings is 3. The number of hydrogen-bond acceptors (Lipinski definition) is 12. The highest BCUT2D eigenvalue weighted by Gasteiger charge is 2.34. The van der Waals surface area contributed by atoms with Gasteiger partial charge < -0.3 is 23.5 Å². The topological polar surface area (TPSA) is 128 Å². The number of hydrogen-bond donors (Lipinski definition) is 0. The summed E-state index contributed by atoms with van der Waals surface area (Å²) in [7, 11) is 0. The fourth-order valence-electron chi connectivity index (χ4n) is 18.7. The second-order valence-corrected chi connectivity index (χ2v) is 32.0. The van der Waals surface area contributed by atoms with Crippen molar-refractivity contribution < 1.29 is 8.83 Å². The van der Waals surface area contributed by atoms with Gasteiger partial charge in [-0.15, -0.1) is 11.3 Å². The van der Waals surface area contributed by atoms with E-state index in [2.05, 4.69) is 347 Å². The number of nitrogens with zero attached hydrogens (tertiary/aromatic N) is 12. The minimum atomic E-state index is 0.904. The highest BCUT2D eigenvalue weighted by atomic mass is 32.1. The summed E-state index contributed by atoms with van der Waals surface area (Å²) < 4.78 is 21.9. The maximum Gasteiger partial charge on any atom is 0.145 e. The Kier molecular flexibility index (Phi) is 15.8. The standard InChI is InChI=1S/2C36H22N4O.C36H22N4S/c1-4-14-33-27(9-1)28-22-25(15-16-34(28)41-33)24-7-5-8-26(21-24)39-30-11-2-3-12-31(30)40-35-29(10-6-13-32(35)39)38-36(40)23-17-19-37-20-18-23;2*1-4-14-33-27(7-1)28-9-5-8-26(35(28)41-33)23-15-17-25(18-16-23)39-30-11-2-3-12-31(30)40-34-29(10-6-13-32(34)39)38-36(40)24-19-21-37-22-20-24/h3*1-22H. The average Bonchev–Trinajstić information content (AvgIpc) is 1.60. The molecule has 0 saturated heterocycles. The second kappa shape index (κ2) is 28.0. The summed E-state index contributed by atoms with van der Waals surface area (Å²) in [4.78, 5) is 35.0. The Labute approximate surface area is 707 Å². The maximum atomic E-state index is 6.32. The molecule has 0 unspecified atom stereocenters. The molecule has 3 aliphatic heterocycles. The van der Waals surface area contributed by atoms with Crippen molar-refractivity contribution in [2.45, 2.75) is 0 Å². The van der Waals surface area contributed by atoms with E-state index in [0.29, 0.717) is 0 Å². The Morgan fingerprint density at radius 3 is 1.12 bits per heavy atom. The van der Waals surface area contributed by atoms with Crippen molar-refractivity contribution in [2.75, 3.05) is 14.7 Å². The predicted molar refractivity (Wildman–Crippen MR) is 501 cm³/mol. The Bertz CT molecular complexity index is 8030. The molecular weight excluding hydrogens is 1530 g/mol. The van der Waals surface area contributed by atoms with Gasteiger partial charge in [-0.2, -0.15) is 0 Å². The lowest BCUT2D eigenvalue weighted by Gasteiger charge is -2.33. The first kappa shape index (κ1) is 69.5. The van der Waals surface area contributed by atoms with E-state index in [1.165, 1.54) is 31.3 Å². The zero-order valence-corrected chi connectivity index (χ0v) is 66.5. The van der Waals surface area contributed by atoms with Gasteiger partial charge in [0.05, 0.1) is 84.3 Å². The Balaban J connectivity index is 0.000000101. The molecule has 0 saturated carbocycles. The molecule has 12 heterocycles. The first-order valence-electron chi connectivity index (χ1n) is 41.0. The van der Waals surface area contributed by atoms with Crippen LogP contribution in [0.25, 0.3) is 182 Å². The smallest absolute Gasteiger partial charge is 0.145 e. The average molecular weight is 1600 g/mol. The molecule has 15 aromatic carbocycles. The number of benzene rings is 15. The van der Waals surface area contributed by atoms with Crippen molar-refractivity contribution in [3.63, 3.8) is 0 Å². The van der Waals surface area contributed by atoms with Crippen molar-refractivity contribution in [2.24, 2.45) is 0 Å². The number of aromatic nitrogens is 9. The third-order valence-electron chi connectivity index (χ3n) is 24.1. The van der Waals surface area contributed by atoms with Gasteiger partial charge in [0.25, 0.3) is 0 Å². The molecule has 14 nitrogen and oxygen atoms in total. The first-order chi connectivity index (χ1) is 61.0. The Morgan fingerprint density at radius 2 is 0.602 bits per heavy atom. The van der Waals surface area contributed by atoms with E-state index in [1.54, 1.807) is 0 Å². The van der Waals surface area contributed by atoms with Gasteiger partial charge in [0.15, 0.2) is 0 Å². The van der Waals surface area contributed by atoms with Crippen LogP contribution < -0.4 is 14.7 Å². The number of rotatable bonds is 9. The van der Waals surface area contributed by atoms with Gasteiger partial charge in [0.1, 0.15) is 39.8 Å². The highest BCUT2D eigenvalue weighted by molar-refractivity contribution is 7.26. The van der Waals surface area contributed by atoms with Crippen LogP contribution in [0.15, 0.2) is 410 Å². The van der Waals surface area contributed by atoms with Crippen molar-refractivity contribution >= 4 is 160 Å². The van der Waals surface area contributed by atoms with Crippen molar-refractivity contribution in [1.82, 2.24) is 43.6 Å². The molecule has 0 fully saturated rings. The molecule has 0 atom stereocenters. The van der Waals surface area contributed by atoms with E-state index in [-0.39, 0.29) is 0 Å². The molecule has 123 heavy (non-hydrogen) atoms. The Morgan fingerprint density at radius 1 is 0.228 bits per heavy atom. The van der Waals surface area contributed by atoms with Crippen LogP contribution in [-0.2, 0) is 0 Å². The third kappa shape index (κ3) is 11.1. The number of fused-ring (bicyclic) bond motifs is 15. The summed E-state index contributed by atoms with van der Waals surface area (Å²) >= 11 is 1.87. The van der Waals surface area contributed by atoms with E-state index in [0.717, 1.165) is 202 Å². The zero-order valence-electron chi connectivity index (χ0n) is 65.7. The summed E-state index contributed by atoms with van der Waals surface area (Å²) in [6, 6.07) is 128. The molecule has 27 rings (SSSR count). The quantitative estimate of drug-likeness (QED) is 0.137. The molecule has 0 aliphatic carbocycles. The fourth-order valence-corrected chi connectivity index (χ4v) is 19.9. The first-order valence-corrected chi connectivity index (χ1v) is 41.8. The fraction of sp³-hybridized carbons (Fsp3) is 0. The summed E-state index contributed by atoms with van der Waals surface area (Å²) in [6.45, 7) is 0. The largest absolute Gasteiger partial charge is 0.456 e. The van der Waals surface area contributed by atoms with Crippen molar-refractivity contribution in [3.8, 4) is 84.6 Å². The maximum absolute atomic E-state index is 6.32. The van der Waals surface area contributed by atoms with Gasteiger partial charge in [-0.3, -0.25) is 28.7 Å². The number of pyridine rings is 3. The van der Waals surface area contributed by atoms with Gasteiger partial charge in [0, 0.05) is 118 Å². The Hall–Kier alpha value is -16.6. The van der Waals surface area contributed by atoms with Crippen LogP contribution in [0, 0.1) is 0 Å². The second-order valence-electron chi connectivity index (χ2n) is 30.9. The van der Waals surface area contributed by atoms with Crippen molar-refractivity contribution in [3.05, 3.63) is 401 Å². The number of thiophene rings is 1. The van der Waals surface area contributed by atoms with Crippen LogP contribution in [-0.4, -0.2) is 43.6 Å². The van der Waals surface area contributed by atoms with Crippen LogP contribution in [0.1, 0.15) is 0 Å². The normalized spacial score (nSPS) is 12.3. The zero-order chi connectivity index (χ0) is 80.7. The molecule has 0 N–H and O–H groups in total. The number of furan rings is 2. The molecule has 0 radical (unpaired) electrons. The lowest BCUT2D eigenvalue weighted by molar-refractivity contribution is 0.669. The van der Waals surface area contributed by atoms with Crippen molar-refractivity contribution in [1.29, 1.82) is 0 Å². The summed E-state index contributed by atoms with van der Waals surface area (Å²) in [5.74, 6) is 2.75. The predicted octanol–water partition coefficient (Wildman–Crippen LogP) is 28.8. The molecule has 24 aromatic rings. The SMILES string of the molecule is c1cc(-c2ccc3oc4ccccc4c3c2)cc(N2c3ccccc3-n3c(-c4ccncc4)nc4cccc2c43)c1.c1ccc2c(c1)N(c1ccc(-c3cccc4c3oc3ccccc34)cc1)c1cccc3nc(-c4ccncc4)n-2c13.c1ccc2c(c1)N(c1ccc(-c3cccc4c3sc3ccccc34)cc1)c1cccc3nc(-c4ccncc4)n-2c13. The van der Waals surface area contributed by atoms with E-state index in [4.69, 9.17) is 23.8 Å². The molecule has 0 amide bonds. The van der Waals surface area contributed by atoms with Gasteiger partial charge in [-0.25, -0.2) is 15.0 Å². The molecule has 0 bridgehead atoms. The van der Waals surface area contributed by atoms with Gasteiger partial charge in [-0.1, -0.05) is 188 Å². The van der Waals surface area contributed by atoms with Gasteiger partial charge in [-0.05, 0) is 204 Å². The monoisotopic (exact) mass is 1590 g/mol. The summed E-state index contributed by atoms with van der Waals surface area (Å²) in [5.41, 5.74) is 33.2. The molecule has 9 aromatic heterocycles. The molecule has 576 valence electrons.